The van der Waals surface area contributed by atoms with Gasteiger partial charge in [0.05, 0.1) is 18.5 Å². The van der Waals surface area contributed by atoms with Crippen LogP contribution in [0.5, 0.6) is 5.75 Å². The van der Waals surface area contributed by atoms with Crippen LogP contribution < -0.4 is 26.3 Å². The van der Waals surface area contributed by atoms with E-state index in [2.05, 4.69) is 16.0 Å². The first-order valence-electron chi connectivity index (χ1n) is 7.12. The lowest BCUT2D eigenvalue weighted by Crippen LogP contribution is -2.42. The predicted molar refractivity (Wildman–Crippen MR) is 91.8 cm³/mol. The number of amidine groups is 1. The molecule has 7 nitrogen and oxygen atoms in total. The summed E-state index contributed by atoms with van der Waals surface area (Å²) in [7, 11) is 1.62. The Morgan fingerprint density at radius 1 is 1.17 bits per heavy atom. The Kier molecular flexibility index (Phi) is 4.22. The van der Waals surface area contributed by atoms with Crippen LogP contribution in [0.1, 0.15) is 0 Å². The number of para-hydroxylation sites is 1. The summed E-state index contributed by atoms with van der Waals surface area (Å²) in [4.78, 5) is 0. The molecule has 1 unspecified atom stereocenters. The standard InChI is InChI=1S/C16H18N6O/c1-23-13-9-7-11(8-10-13)19-20-14-15(17)21-22(16(14)18)12-5-3-2-4-6-12/h2-10,15,18-19,21H,17H2,1H3. The van der Waals surface area contributed by atoms with E-state index in [1.165, 1.54) is 0 Å². The molecule has 1 aliphatic rings. The first-order valence-corrected chi connectivity index (χ1v) is 7.12. The minimum Gasteiger partial charge on any atom is -0.497 e. The highest BCUT2D eigenvalue weighted by Gasteiger charge is 2.32. The Balaban J connectivity index is 1.75. The number of methoxy groups -OCH3 is 1. The fraction of sp³-hybridized carbons (Fsp3) is 0.125. The number of benzene rings is 2. The maximum Gasteiger partial charge on any atom is 0.167 e. The van der Waals surface area contributed by atoms with Crippen molar-refractivity contribution in [2.45, 2.75) is 6.17 Å². The van der Waals surface area contributed by atoms with E-state index in [-0.39, 0.29) is 5.84 Å². The zero-order valence-corrected chi connectivity index (χ0v) is 12.7. The molecule has 2 aromatic rings. The van der Waals surface area contributed by atoms with E-state index >= 15 is 0 Å². The van der Waals surface area contributed by atoms with Crippen molar-refractivity contribution in [3.63, 3.8) is 0 Å². The van der Waals surface area contributed by atoms with Gasteiger partial charge in [0.2, 0.25) is 0 Å². The minimum absolute atomic E-state index is 0.213. The van der Waals surface area contributed by atoms with Gasteiger partial charge in [0, 0.05) is 0 Å². The average molecular weight is 310 g/mol. The van der Waals surface area contributed by atoms with Gasteiger partial charge in [0.15, 0.2) is 5.84 Å². The van der Waals surface area contributed by atoms with Crippen LogP contribution in [0.4, 0.5) is 11.4 Å². The summed E-state index contributed by atoms with van der Waals surface area (Å²) in [6.45, 7) is 0. The van der Waals surface area contributed by atoms with Crippen molar-refractivity contribution in [3.05, 3.63) is 54.6 Å². The fourth-order valence-corrected chi connectivity index (χ4v) is 2.22. The van der Waals surface area contributed by atoms with Gasteiger partial charge in [-0.1, -0.05) is 18.2 Å². The Morgan fingerprint density at radius 3 is 2.52 bits per heavy atom. The first-order chi connectivity index (χ1) is 11.2. The van der Waals surface area contributed by atoms with Gasteiger partial charge in [-0.25, -0.2) is 5.43 Å². The summed E-state index contributed by atoms with van der Waals surface area (Å²) in [5, 5.41) is 14.1. The van der Waals surface area contributed by atoms with Crippen LogP contribution in [0.3, 0.4) is 0 Å². The van der Waals surface area contributed by atoms with Crippen LogP contribution in [-0.2, 0) is 0 Å². The van der Waals surface area contributed by atoms with Gasteiger partial charge in [0.1, 0.15) is 17.6 Å². The van der Waals surface area contributed by atoms with Gasteiger partial charge in [-0.05, 0) is 36.4 Å². The lowest BCUT2D eigenvalue weighted by Gasteiger charge is -2.17. The van der Waals surface area contributed by atoms with Crippen molar-refractivity contribution >= 4 is 22.9 Å². The number of anilines is 2. The molecule has 0 aliphatic carbocycles. The molecule has 0 radical (unpaired) electrons. The van der Waals surface area contributed by atoms with E-state index in [9.17, 15) is 0 Å². The Labute approximate surface area is 134 Å². The number of nitrogens with one attached hydrogen (secondary N) is 3. The zero-order valence-electron chi connectivity index (χ0n) is 12.7. The SMILES string of the molecule is COc1ccc(NN=C2C(=N)N(c3ccccc3)NC2N)cc1. The van der Waals surface area contributed by atoms with Crippen LogP contribution in [0.15, 0.2) is 59.7 Å². The summed E-state index contributed by atoms with van der Waals surface area (Å²) >= 11 is 0. The second-order valence-electron chi connectivity index (χ2n) is 4.96. The molecule has 2 aromatic carbocycles. The predicted octanol–water partition coefficient (Wildman–Crippen LogP) is 1.75. The molecule has 1 fully saturated rings. The van der Waals surface area contributed by atoms with Crippen molar-refractivity contribution in [2.24, 2.45) is 10.8 Å². The molecular formula is C16H18N6O. The van der Waals surface area contributed by atoms with E-state index in [4.69, 9.17) is 15.9 Å². The highest BCUT2D eigenvalue weighted by Crippen LogP contribution is 2.18. The maximum absolute atomic E-state index is 8.25. The first kappa shape index (κ1) is 15.0. The van der Waals surface area contributed by atoms with Crippen LogP contribution in [0.2, 0.25) is 0 Å². The van der Waals surface area contributed by atoms with E-state index in [0.29, 0.717) is 5.71 Å². The lowest BCUT2D eigenvalue weighted by molar-refractivity contribution is 0.415. The molecule has 3 rings (SSSR count). The lowest BCUT2D eigenvalue weighted by atomic mass is 10.3. The summed E-state index contributed by atoms with van der Waals surface area (Å²) in [6, 6.07) is 16.9. The van der Waals surface area contributed by atoms with Crippen molar-refractivity contribution in [1.29, 1.82) is 5.41 Å². The number of rotatable bonds is 4. The quantitative estimate of drug-likeness (QED) is 0.645. The smallest absolute Gasteiger partial charge is 0.167 e. The average Bonchev–Trinajstić information content (AvgIpc) is 2.88. The maximum atomic E-state index is 8.25. The molecule has 0 saturated carbocycles. The molecule has 1 aliphatic heterocycles. The molecule has 0 bridgehead atoms. The minimum atomic E-state index is -0.548. The number of hydrogen-bond donors (Lipinski definition) is 4. The van der Waals surface area contributed by atoms with Crippen LogP contribution in [-0.4, -0.2) is 24.8 Å². The third kappa shape index (κ3) is 3.15. The van der Waals surface area contributed by atoms with Crippen molar-refractivity contribution in [3.8, 4) is 5.75 Å². The molecule has 5 N–H and O–H groups in total. The molecule has 1 saturated heterocycles. The number of nitrogens with two attached hydrogens (primary N) is 1. The third-order valence-corrected chi connectivity index (χ3v) is 3.44. The second kappa shape index (κ2) is 6.47. The Hall–Kier alpha value is -2.90. The second-order valence-corrected chi connectivity index (χ2v) is 4.96. The summed E-state index contributed by atoms with van der Waals surface area (Å²) in [6.07, 6.45) is -0.548. The van der Waals surface area contributed by atoms with Gasteiger partial charge in [-0.3, -0.25) is 15.8 Å². The van der Waals surface area contributed by atoms with Gasteiger partial charge < -0.3 is 10.5 Å². The molecule has 23 heavy (non-hydrogen) atoms. The number of hydrazine groups is 1. The van der Waals surface area contributed by atoms with Crippen LogP contribution in [0, 0.1) is 5.41 Å². The van der Waals surface area contributed by atoms with Gasteiger partial charge >= 0.3 is 0 Å². The van der Waals surface area contributed by atoms with Crippen molar-refractivity contribution in [1.82, 2.24) is 5.43 Å². The summed E-state index contributed by atoms with van der Waals surface area (Å²) in [5.41, 5.74) is 14.0. The summed E-state index contributed by atoms with van der Waals surface area (Å²) < 4.78 is 5.11. The summed E-state index contributed by atoms with van der Waals surface area (Å²) in [5.74, 6) is 0.982. The topological polar surface area (TPSA) is 98.8 Å². The molecule has 0 spiro atoms. The fourth-order valence-electron chi connectivity index (χ4n) is 2.22. The zero-order chi connectivity index (χ0) is 16.2. The number of hydrogen-bond acceptors (Lipinski definition) is 6. The van der Waals surface area contributed by atoms with Crippen LogP contribution in [0.25, 0.3) is 0 Å². The van der Waals surface area contributed by atoms with E-state index in [1.807, 2.05) is 54.6 Å². The van der Waals surface area contributed by atoms with Gasteiger partial charge in [0.25, 0.3) is 0 Å². The van der Waals surface area contributed by atoms with Gasteiger partial charge in [-0.15, -0.1) is 0 Å². The Bertz CT molecular complexity index is 713. The van der Waals surface area contributed by atoms with E-state index < -0.39 is 6.17 Å². The number of hydrazone groups is 1. The molecule has 1 heterocycles. The third-order valence-electron chi connectivity index (χ3n) is 3.44. The highest BCUT2D eigenvalue weighted by molar-refractivity contribution is 6.48. The van der Waals surface area contributed by atoms with Crippen molar-refractivity contribution in [2.75, 3.05) is 17.5 Å². The molecule has 0 amide bonds. The molecule has 1 atom stereocenters. The van der Waals surface area contributed by atoms with Crippen molar-refractivity contribution < 1.29 is 4.74 Å². The van der Waals surface area contributed by atoms with E-state index in [1.54, 1.807) is 12.1 Å². The molecule has 118 valence electrons. The monoisotopic (exact) mass is 310 g/mol. The highest BCUT2D eigenvalue weighted by atomic mass is 16.5. The molecular weight excluding hydrogens is 292 g/mol. The van der Waals surface area contributed by atoms with E-state index in [0.717, 1.165) is 17.1 Å². The molecule has 7 heteroatoms. The normalized spacial score (nSPS) is 19.2. The van der Waals surface area contributed by atoms with Gasteiger partial charge in [-0.2, -0.15) is 5.10 Å². The largest absolute Gasteiger partial charge is 0.497 e. The Morgan fingerprint density at radius 2 is 1.87 bits per heavy atom. The molecule has 0 aromatic heterocycles. The van der Waals surface area contributed by atoms with Crippen LogP contribution >= 0.6 is 0 Å². The number of ether oxygens (including phenoxy) is 1. The number of nitrogens with zero attached hydrogens (tertiary/aromatic N) is 2.